The SMILES string of the molecule is Cc1ncc(C(=O)O)cc1Cl. The normalized spacial score (nSPS) is 9.64. The average Bonchev–Trinajstić information content (AvgIpc) is 1.94. The number of halogens is 1. The summed E-state index contributed by atoms with van der Waals surface area (Å²) in [4.78, 5) is 14.2. The molecular formula is C7H6ClNO2. The Morgan fingerprint density at radius 1 is 1.73 bits per heavy atom. The van der Waals surface area contributed by atoms with E-state index in [0.717, 1.165) is 0 Å². The molecule has 58 valence electrons. The van der Waals surface area contributed by atoms with Crippen LogP contribution in [-0.2, 0) is 0 Å². The molecule has 0 spiro atoms. The number of aryl methyl sites for hydroxylation is 1. The van der Waals surface area contributed by atoms with E-state index < -0.39 is 5.97 Å². The van der Waals surface area contributed by atoms with E-state index in [4.69, 9.17) is 16.7 Å². The number of aromatic carboxylic acids is 1. The van der Waals surface area contributed by atoms with Gasteiger partial charge in [0.25, 0.3) is 0 Å². The summed E-state index contributed by atoms with van der Waals surface area (Å²) in [7, 11) is 0. The summed E-state index contributed by atoms with van der Waals surface area (Å²) in [6, 6.07) is 1.38. The highest BCUT2D eigenvalue weighted by Gasteiger charge is 2.04. The summed E-state index contributed by atoms with van der Waals surface area (Å²) in [6.07, 6.45) is 1.28. The van der Waals surface area contributed by atoms with Crippen LogP contribution in [0.15, 0.2) is 12.3 Å². The van der Waals surface area contributed by atoms with Gasteiger partial charge in [-0.05, 0) is 13.0 Å². The predicted molar refractivity (Wildman–Crippen MR) is 40.9 cm³/mol. The van der Waals surface area contributed by atoms with Crippen molar-refractivity contribution in [3.05, 3.63) is 28.5 Å². The number of carboxylic acid groups (broad SMARTS) is 1. The molecule has 0 saturated carbocycles. The molecule has 0 amide bonds. The molecule has 0 bridgehead atoms. The second-order valence-corrected chi connectivity index (χ2v) is 2.50. The molecule has 0 radical (unpaired) electrons. The minimum atomic E-state index is -1.01. The fraction of sp³-hybridized carbons (Fsp3) is 0.143. The van der Waals surface area contributed by atoms with Crippen molar-refractivity contribution < 1.29 is 9.90 Å². The van der Waals surface area contributed by atoms with Gasteiger partial charge in [-0.25, -0.2) is 4.79 Å². The number of aromatic nitrogens is 1. The fourth-order valence-electron chi connectivity index (χ4n) is 0.623. The van der Waals surface area contributed by atoms with Crippen molar-refractivity contribution in [2.45, 2.75) is 6.92 Å². The topological polar surface area (TPSA) is 50.2 Å². The van der Waals surface area contributed by atoms with Crippen molar-refractivity contribution in [1.82, 2.24) is 4.98 Å². The third-order valence-corrected chi connectivity index (χ3v) is 1.65. The van der Waals surface area contributed by atoms with Crippen molar-refractivity contribution in [2.24, 2.45) is 0 Å². The van der Waals surface area contributed by atoms with Crippen LogP contribution < -0.4 is 0 Å². The van der Waals surface area contributed by atoms with Crippen molar-refractivity contribution in [3.63, 3.8) is 0 Å². The van der Waals surface area contributed by atoms with E-state index in [2.05, 4.69) is 4.98 Å². The quantitative estimate of drug-likeness (QED) is 0.700. The maximum atomic E-state index is 10.4. The van der Waals surface area contributed by atoms with Gasteiger partial charge in [0.15, 0.2) is 0 Å². The summed E-state index contributed by atoms with van der Waals surface area (Å²) in [5, 5.41) is 8.88. The van der Waals surface area contributed by atoms with Gasteiger partial charge in [-0.15, -0.1) is 0 Å². The molecular weight excluding hydrogens is 166 g/mol. The molecule has 0 fully saturated rings. The number of pyridine rings is 1. The van der Waals surface area contributed by atoms with Gasteiger partial charge >= 0.3 is 5.97 Å². The second-order valence-electron chi connectivity index (χ2n) is 2.10. The van der Waals surface area contributed by atoms with E-state index in [1.807, 2.05) is 0 Å². The molecule has 0 unspecified atom stereocenters. The van der Waals surface area contributed by atoms with E-state index in [-0.39, 0.29) is 5.56 Å². The molecule has 3 nitrogen and oxygen atoms in total. The molecule has 1 aromatic heterocycles. The molecule has 0 aliphatic heterocycles. The summed E-state index contributed by atoms with van der Waals surface area (Å²) in [6.45, 7) is 1.72. The Bertz CT molecular complexity index is 298. The lowest BCUT2D eigenvalue weighted by Gasteiger charge is -1.96. The molecule has 0 aromatic carbocycles. The zero-order chi connectivity index (χ0) is 8.43. The Labute approximate surface area is 68.6 Å². The van der Waals surface area contributed by atoms with Gasteiger partial charge in [0.2, 0.25) is 0 Å². The summed E-state index contributed by atoms with van der Waals surface area (Å²) < 4.78 is 0. The van der Waals surface area contributed by atoms with Gasteiger partial charge in [0.1, 0.15) is 0 Å². The first kappa shape index (κ1) is 8.01. The summed E-state index contributed by atoms with van der Waals surface area (Å²) in [5.74, 6) is -1.01. The third-order valence-electron chi connectivity index (χ3n) is 1.27. The number of hydrogen-bond acceptors (Lipinski definition) is 2. The predicted octanol–water partition coefficient (Wildman–Crippen LogP) is 1.74. The van der Waals surface area contributed by atoms with Gasteiger partial charge in [-0.3, -0.25) is 4.98 Å². The first-order valence-corrected chi connectivity index (χ1v) is 3.34. The second kappa shape index (κ2) is 2.88. The number of rotatable bonds is 1. The highest BCUT2D eigenvalue weighted by atomic mass is 35.5. The van der Waals surface area contributed by atoms with E-state index in [9.17, 15) is 4.79 Å². The van der Waals surface area contributed by atoms with Crippen LogP contribution in [0.4, 0.5) is 0 Å². The third kappa shape index (κ3) is 1.68. The molecule has 0 aliphatic carbocycles. The van der Waals surface area contributed by atoms with Gasteiger partial charge in [0.05, 0.1) is 16.3 Å². The highest BCUT2D eigenvalue weighted by molar-refractivity contribution is 6.31. The minimum absolute atomic E-state index is 0.112. The number of nitrogens with zero attached hydrogens (tertiary/aromatic N) is 1. The standard InChI is InChI=1S/C7H6ClNO2/c1-4-6(8)2-5(3-9-4)7(10)11/h2-3H,1H3,(H,10,11). The Morgan fingerprint density at radius 3 is 2.82 bits per heavy atom. The van der Waals surface area contributed by atoms with Crippen LogP contribution in [0.3, 0.4) is 0 Å². The summed E-state index contributed by atoms with van der Waals surface area (Å²) >= 11 is 5.63. The van der Waals surface area contributed by atoms with Gasteiger partial charge < -0.3 is 5.11 Å². The lowest BCUT2D eigenvalue weighted by Crippen LogP contribution is -1.97. The molecule has 1 N–H and O–H groups in total. The molecule has 1 heterocycles. The van der Waals surface area contributed by atoms with Crippen molar-refractivity contribution >= 4 is 17.6 Å². The van der Waals surface area contributed by atoms with Crippen LogP contribution >= 0.6 is 11.6 Å². The fourth-order valence-corrected chi connectivity index (χ4v) is 0.790. The molecule has 11 heavy (non-hydrogen) atoms. The van der Waals surface area contributed by atoms with Gasteiger partial charge in [0, 0.05) is 6.20 Å². The maximum absolute atomic E-state index is 10.4. The zero-order valence-corrected chi connectivity index (χ0v) is 6.59. The van der Waals surface area contributed by atoms with Crippen LogP contribution in [0.5, 0.6) is 0 Å². The first-order valence-electron chi connectivity index (χ1n) is 2.96. The molecule has 1 aromatic rings. The van der Waals surface area contributed by atoms with Crippen molar-refractivity contribution in [1.29, 1.82) is 0 Å². The van der Waals surface area contributed by atoms with Crippen LogP contribution in [-0.4, -0.2) is 16.1 Å². The highest BCUT2D eigenvalue weighted by Crippen LogP contribution is 2.13. The van der Waals surface area contributed by atoms with E-state index in [1.54, 1.807) is 6.92 Å². The lowest BCUT2D eigenvalue weighted by molar-refractivity contribution is 0.0696. The number of hydrogen-bond donors (Lipinski definition) is 1. The zero-order valence-electron chi connectivity index (χ0n) is 5.84. The van der Waals surface area contributed by atoms with Crippen LogP contribution in [0.25, 0.3) is 0 Å². The maximum Gasteiger partial charge on any atom is 0.337 e. The van der Waals surface area contributed by atoms with E-state index in [1.165, 1.54) is 12.3 Å². The number of carbonyl (C=O) groups is 1. The lowest BCUT2D eigenvalue weighted by atomic mass is 10.2. The molecule has 0 saturated heterocycles. The van der Waals surface area contributed by atoms with Crippen molar-refractivity contribution in [2.75, 3.05) is 0 Å². The molecule has 0 atom stereocenters. The minimum Gasteiger partial charge on any atom is -0.478 e. The first-order chi connectivity index (χ1) is 5.11. The molecule has 0 aliphatic rings. The van der Waals surface area contributed by atoms with Crippen LogP contribution in [0.2, 0.25) is 5.02 Å². The van der Waals surface area contributed by atoms with Crippen LogP contribution in [0.1, 0.15) is 16.1 Å². The Kier molecular flexibility index (Phi) is 2.10. The van der Waals surface area contributed by atoms with E-state index in [0.29, 0.717) is 10.7 Å². The van der Waals surface area contributed by atoms with Gasteiger partial charge in [-0.2, -0.15) is 0 Å². The van der Waals surface area contributed by atoms with E-state index >= 15 is 0 Å². The monoisotopic (exact) mass is 171 g/mol. The summed E-state index contributed by atoms with van der Waals surface area (Å²) in [5.41, 5.74) is 0.747. The average molecular weight is 172 g/mol. The largest absolute Gasteiger partial charge is 0.478 e. The molecule has 1 rings (SSSR count). The Balaban J connectivity index is 3.15. The van der Waals surface area contributed by atoms with Crippen LogP contribution in [0, 0.1) is 6.92 Å². The Hall–Kier alpha value is -1.09. The smallest absolute Gasteiger partial charge is 0.337 e. The molecule has 4 heteroatoms. The Morgan fingerprint density at radius 2 is 2.36 bits per heavy atom. The van der Waals surface area contributed by atoms with Crippen molar-refractivity contribution in [3.8, 4) is 0 Å². The van der Waals surface area contributed by atoms with Gasteiger partial charge in [-0.1, -0.05) is 11.6 Å². The number of carboxylic acids is 1.